The summed E-state index contributed by atoms with van der Waals surface area (Å²) >= 11 is 0. The number of nitrogens with zero attached hydrogens (tertiary/aromatic N) is 1. The highest BCUT2D eigenvalue weighted by Gasteiger charge is 2.31. The molecule has 48 heavy (non-hydrogen) atoms. The fourth-order valence-corrected chi connectivity index (χ4v) is 8.46. The predicted octanol–water partition coefficient (Wildman–Crippen LogP) is 10.2. The second-order valence-corrected chi connectivity index (χ2v) is 13.7. The SMILES string of the molecule is C1=CC2=C(N(C3=c4oc5cccc(-c6ccccc6)c5c4=CCC3)C3C=CC(C4C=CC(c5ccccc5)=CC4)=CC3)C=CCC2CC1. The van der Waals surface area contributed by atoms with E-state index in [9.17, 15) is 0 Å². The molecule has 5 aliphatic carbocycles. The van der Waals surface area contributed by atoms with E-state index in [2.05, 4.69) is 151 Å². The monoisotopic (exact) mass is 623 g/mol. The third kappa shape index (κ3) is 5.21. The molecule has 3 aromatic carbocycles. The van der Waals surface area contributed by atoms with Crippen LogP contribution in [-0.4, -0.2) is 10.9 Å². The van der Waals surface area contributed by atoms with Crippen molar-refractivity contribution in [3.05, 3.63) is 173 Å². The van der Waals surface area contributed by atoms with Crippen LogP contribution in [0.25, 0.3) is 39.4 Å². The Labute approximate surface area is 283 Å². The van der Waals surface area contributed by atoms with Gasteiger partial charge in [0.1, 0.15) is 5.58 Å². The summed E-state index contributed by atoms with van der Waals surface area (Å²) in [6.45, 7) is 0. The molecule has 1 heterocycles. The van der Waals surface area contributed by atoms with Gasteiger partial charge in [0, 0.05) is 22.2 Å². The molecular weight excluding hydrogens is 583 g/mol. The van der Waals surface area contributed by atoms with E-state index in [0.29, 0.717) is 11.8 Å². The number of hydrogen-bond donors (Lipinski definition) is 0. The molecule has 0 radical (unpaired) electrons. The molecule has 0 N–H and O–H groups in total. The van der Waals surface area contributed by atoms with Gasteiger partial charge in [0.05, 0.1) is 11.7 Å². The maximum atomic E-state index is 6.90. The van der Waals surface area contributed by atoms with Crippen LogP contribution in [0.4, 0.5) is 0 Å². The molecule has 0 saturated carbocycles. The van der Waals surface area contributed by atoms with Crippen molar-refractivity contribution in [1.82, 2.24) is 4.90 Å². The first-order valence-corrected chi connectivity index (χ1v) is 17.8. The van der Waals surface area contributed by atoms with Gasteiger partial charge in [-0.15, -0.1) is 0 Å². The molecule has 2 nitrogen and oxygen atoms in total. The zero-order valence-corrected chi connectivity index (χ0v) is 27.4. The van der Waals surface area contributed by atoms with Crippen LogP contribution in [0, 0.1) is 11.8 Å². The minimum absolute atomic E-state index is 0.223. The lowest BCUT2D eigenvalue weighted by atomic mass is 9.81. The van der Waals surface area contributed by atoms with Gasteiger partial charge in [-0.05, 0) is 96.4 Å². The summed E-state index contributed by atoms with van der Waals surface area (Å²) in [5.74, 6) is 1.01. The average Bonchev–Trinajstić information content (AvgIpc) is 3.56. The van der Waals surface area contributed by atoms with Crippen LogP contribution >= 0.6 is 0 Å². The van der Waals surface area contributed by atoms with Crippen molar-refractivity contribution in [3.8, 4) is 11.1 Å². The van der Waals surface area contributed by atoms with Crippen molar-refractivity contribution in [2.24, 2.45) is 11.8 Å². The standard InChI is InChI=1S/C46H41NO/c1-3-12-32(13-4-1)33-24-26-34(27-25-33)35-28-30-38(31-29-35)47(42-21-9-17-36-16-7-8-18-39(36)42)43-22-10-20-41-45-40(37-14-5-2-6-15-37)19-11-23-44(45)48-46(41)43/h1-6,8-9,11-15,18-21,23-26,28-30,34,36,38H,7,10,16-17,22,27,31H2. The van der Waals surface area contributed by atoms with E-state index in [1.54, 1.807) is 0 Å². The summed E-state index contributed by atoms with van der Waals surface area (Å²) in [5.41, 5.74) is 12.7. The van der Waals surface area contributed by atoms with Crippen LogP contribution in [0.2, 0.25) is 0 Å². The Morgan fingerprint density at radius 1 is 0.667 bits per heavy atom. The van der Waals surface area contributed by atoms with E-state index in [1.165, 1.54) is 68.3 Å². The topological polar surface area (TPSA) is 16.4 Å². The Hall–Kier alpha value is -5.08. The maximum absolute atomic E-state index is 6.90. The van der Waals surface area contributed by atoms with Crippen LogP contribution in [0.1, 0.15) is 50.5 Å². The smallest absolute Gasteiger partial charge is 0.154 e. The van der Waals surface area contributed by atoms with Crippen LogP contribution in [-0.2, 0) is 0 Å². The highest BCUT2D eigenvalue weighted by Crippen LogP contribution is 2.40. The van der Waals surface area contributed by atoms with Crippen molar-refractivity contribution in [3.63, 3.8) is 0 Å². The summed E-state index contributed by atoms with van der Waals surface area (Å²) in [7, 11) is 0. The molecule has 0 amide bonds. The summed E-state index contributed by atoms with van der Waals surface area (Å²) < 4.78 is 6.90. The fourth-order valence-electron chi connectivity index (χ4n) is 8.46. The lowest BCUT2D eigenvalue weighted by molar-refractivity contribution is 0.381. The maximum Gasteiger partial charge on any atom is 0.154 e. The Bertz CT molecular complexity index is 2220. The Kier molecular flexibility index (Phi) is 7.58. The molecule has 9 rings (SSSR count). The van der Waals surface area contributed by atoms with Crippen molar-refractivity contribution in [1.29, 1.82) is 0 Å². The van der Waals surface area contributed by atoms with Gasteiger partial charge in [0.2, 0.25) is 0 Å². The zero-order valence-electron chi connectivity index (χ0n) is 27.4. The third-order valence-electron chi connectivity index (χ3n) is 10.9. The van der Waals surface area contributed by atoms with E-state index in [4.69, 9.17) is 4.42 Å². The predicted molar refractivity (Wildman–Crippen MR) is 200 cm³/mol. The van der Waals surface area contributed by atoms with Crippen LogP contribution in [0.5, 0.6) is 0 Å². The summed E-state index contributed by atoms with van der Waals surface area (Å²) in [6.07, 6.45) is 34.0. The lowest BCUT2D eigenvalue weighted by Crippen LogP contribution is -2.40. The minimum atomic E-state index is 0.223. The van der Waals surface area contributed by atoms with Crippen LogP contribution in [0.3, 0.4) is 0 Å². The molecule has 1 aromatic heterocycles. The third-order valence-corrected chi connectivity index (χ3v) is 10.9. The molecule has 4 aromatic rings. The van der Waals surface area contributed by atoms with Gasteiger partial charge in [-0.25, -0.2) is 0 Å². The second-order valence-electron chi connectivity index (χ2n) is 13.7. The van der Waals surface area contributed by atoms with E-state index in [-0.39, 0.29) is 6.04 Å². The number of benzene rings is 3. The Balaban J connectivity index is 1.12. The lowest BCUT2D eigenvalue weighted by Gasteiger charge is -2.40. The van der Waals surface area contributed by atoms with Crippen LogP contribution in [0.15, 0.2) is 161 Å². The largest absolute Gasteiger partial charge is 0.454 e. The zero-order chi connectivity index (χ0) is 31.9. The van der Waals surface area contributed by atoms with Gasteiger partial charge < -0.3 is 9.32 Å². The molecule has 3 unspecified atom stereocenters. The summed E-state index contributed by atoms with van der Waals surface area (Å²) in [6, 6.07) is 28.2. The quantitative estimate of drug-likeness (QED) is 0.213. The fraction of sp³-hybridized carbons (Fsp3) is 0.217. The van der Waals surface area contributed by atoms with Gasteiger partial charge in [0.15, 0.2) is 5.42 Å². The molecule has 236 valence electrons. The average molecular weight is 624 g/mol. The normalized spacial score (nSPS) is 23.0. The van der Waals surface area contributed by atoms with Crippen LogP contribution < -0.4 is 10.6 Å². The van der Waals surface area contributed by atoms with Crippen molar-refractivity contribution >= 4 is 28.3 Å². The minimum Gasteiger partial charge on any atom is -0.454 e. The molecule has 0 saturated heterocycles. The van der Waals surface area contributed by atoms with Gasteiger partial charge in [0.25, 0.3) is 0 Å². The van der Waals surface area contributed by atoms with Gasteiger partial charge in [-0.2, -0.15) is 0 Å². The first-order valence-electron chi connectivity index (χ1n) is 17.8. The molecular formula is C46H41NO. The number of fused-ring (bicyclic) bond motifs is 4. The summed E-state index contributed by atoms with van der Waals surface area (Å²) in [5, 5.41) is 2.48. The van der Waals surface area contributed by atoms with E-state index < -0.39 is 0 Å². The molecule has 3 atom stereocenters. The molecule has 0 aliphatic heterocycles. The second kappa shape index (κ2) is 12.5. The number of hydrogen-bond acceptors (Lipinski definition) is 2. The van der Waals surface area contributed by atoms with Gasteiger partial charge >= 0.3 is 0 Å². The number of rotatable bonds is 6. The van der Waals surface area contributed by atoms with Crippen molar-refractivity contribution in [2.75, 3.05) is 0 Å². The van der Waals surface area contributed by atoms with Gasteiger partial charge in [-0.3, -0.25) is 0 Å². The molecule has 0 spiro atoms. The van der Waals surface area contributed by atoms with E-state index in [0.717, 1.165) is 43.1 Å². The molecule has 0 bridgehead atoms. The number of allylic oxidation sites excluding steroid dienone is 11. The molecule has 0 fully saturated rings. The van der Waals surface area contributed by atoms with Gasteiger partial charge in [-0.1, -0.05) is 134 Å². The van der Waals surface area contributed by atoms with Crippen molar-refractivity contribution in [2.45, 2.75) is 51.0 Å². The Morgan fingerprint density at radius 3 is 2.31 bits per heavy atom. The first kappa shape index (κ1) is 29.1. The Morgan fingerprint density at radius 2 is 1.52 bits per heavy atom. The van der Waals surface area contributed by atoms with E-state index >= 15 is 0 Å². The highest BCUT2D eigenvalue weighted by atomic mass is 16.3. The molecule has 5 aliphatic rings. The van der Waals surface area contributed by atoms with E-state index in [1.807, 2.05) is 0 Å². The molecule has 2 heteroatoms. The summed E-state index contributed by atoms with van der Waals surface area (Å²) in [4.78, 5) is 2.66. The van der Waals surface area contributed by atoms with Crippen molar-refractivity contribution < 1.29 is 4.42 Å². The number of furan rings is 1. The first-order chi connectivity index (χ1) is 23.8. The highest BCUT2D eigenvalue weighted by molar-refractivity contribution is 5.95.